The van der Waals surface area contributed by atoms with E-state index in [0.717, 1.165) is 18.0 Å². The fourth-order valence-electron chi connectivity index (χ4n) is 1.75. The summed E-state index contributed by atoms with van der Waals surface area (Å²) >= 11 is 5.93. The number of hydrogen-bond acceptors (Lipinski definition) is 3. The number of halogens is 1. The van der Waals surface area contributed by atoms with E-state index in [2.05, 4.69) is 4.90 Å². The molecule has 1 heterocycles. The molecule has 82 valence electrons. The molecule has 3 nitrogen and oxygen atoms in total. The van der Waals surface area contributed by atoms with Crippen molar-refractivity contribution >= 4 is 17.3 Å². The molecule has 2 rings (SSSR count). The number of ether oxygens (including phenoxy) is 1. The Morgan fingerprint density at radius 3 is 3.13 bits per heavy atom. The predicted molar refractivity (Wildman–Crippen MR) is 60.8 cm³/mol. The van der Waals surface area contributed by atoms with Gasteiger partial charge in [-0.25, -0.2) is 0 Å². The second kappa shape index (κ2) is 4.29. The van der Waals surface area contributed by atoms with E-state index in [1.807, 2.05) is 18.2 Å². The zero-order valence-electron chi connectivity index (χ0n) is 8.61. The Bertz CT molecular complexity index is 354. The Kier molecular flexibility index (Phi) is 3.03. The standard InChI is InChI=1S/C11H14ClNO2/c1-8(14)7-13-4-5-15-11-3-2-9(12)6-10(11)13/h2-3,6,8,14H,4-5,7H2,1H3. The van der Waals surface area contributed by atoms with Crippen LogP contribution in [-0.2, 0) is 0 Å². The van der Waals surface area contributed by atoms with Crippen LogP contribution in [0.4, 0.5) is 5.69 Å². The van der Waals surface area contributed by atoms with Crippen molar-refractivity contribution in [2.24, 2.45) is 0 Å². The smallest absolute Gasteiger partial charge is 0.142 e. The molecule has 4 heteroatoms. The van der Waals surface area contributed by atoms with Gasteiger partial charge in [0.2, 0.25) is 0 Å². The van der Waals surface area contributed by atoms with Crippen LogP contribution in [0.15, 0.2) is 18.2 Å². The number of benzene rings is 1. The van der Waals surface area contributed by atoms with Crippen LogP contribution in [0.25, 0.3) is 0 Å². The van der Waals surface area contributed by atoms with Crippen LogP contribution >= 0.6 is 11.6 Å². The summed E-state index contributed by atoms with van der Waals surface area (Å²) in [4.78, 5) is 2.09. The monoisotopic (exact) mass is 227 g/mol. The van der Waals surface area contributed by atoms with Crippen LogP contribution < -0.4 is 9.64 Å². The highest BCUT2D eigenvalue weighted by molar-refractivity contribution is 6.30. The van der Waals surface area contributed by atoms with Gasteiger partial charge in [-0.2, -0.15) is 0 Å². The maximum absolute atomic E-state index is 9.38. The van der Waals surface area contributed by atoms with Gasteiger partial charge >= 0.3 is 0 Å². The molecule has 1 aliphatic heterocycles. The summed E-state index contributed by atoms with van der Waals surface area (Å²) in [5.74, 6) is 0.839. The second-order valence-corrected chi connectivity index (χ2v) is 4.19. The molecule has 1 N–H and O–H groups in total. The summed E-state index contributed by atoms with van der Waals surface area (Å²) in [7, 11) is 0. The number of β-amino-alcohol motifs (C(OH)–C–C–N with tert-alkyl or cyclic N) is 1. The molecule has 1 aromatic rings. The van der Waals surface area contributed by atoms with Crippen LogP contribution in [-0.4, -0.2) is 30.9 Å². The predicted octanol–water partition coefficient (Wildman–Crippen LogP) is 1.92. The van der Waals surface area contributed by atoms with Crippen LogP contribution in [0.3, 0.4) is 0 Å². The number of nitrogens with zero attached hydrogens (tertiary/aromatic N) is 1. The lowest BCUT2D eigenvalue weighted by atomic mass is 10.2. The van der Waals surface area contributed by atoms with Gasteiger partial charge in [-0.3, -0.25) is 0 Å². The summed E-state index contributed by atoms with van der Waals surface area (Å²) in [6.07, 6.45) is -0.352. The molecule has 1 atom stereocenters. The van der Waals surface area contributed by atoms with E-state index in [1.165, 1.54) is 0 Å². The highest BCUT2D eigenvalue weighted by Gasteiger charge is 2.19. The quantitative estimate of drug-likeness (QED) is 0.838. The Balaban J connectivity index is 2.28. The van der Waals surface area contributed by atoms with Gasteiger partial charge in [-0.05, 0) is 25.1 Å². The minimum absolute atomic E-state index is 0.352. The minimum atomic E-state index is -0.352. The lowest BCUT2D eigenvalue weighted by Gasteiger charge is -2.32. The van der Waals surface area contributed by atoms with Gasteiger partial charge < -0.3 is 14.7 Å². The molecule has 0 radical (unpaired) electrons. The Morgan fingerprint density at radius 1 is 1.60 bits per heavy atom. The zero-order chi connectivity index (χ0) is 10.8. The van der Waals surface area contributed by atoms with Crippen molar-refractivity contribution in [1.82, 2.24) is 0 Å². The highest BCUT2D eigenvalue weighted by Crippen LogP contribution is 2.33. The molecule has 1 aliphatic rings. The maximum atomic E-state index is 9.38. The van der Waals surface area contributed by atoms with Crippen molar-refractivity contribution in [3.63, 3.8) is 0 Å². The number of hydrogen-bond donors (Lipinski definition) is 1. The maximum Gasteiger partial charge on any atom is 0.142 e. The number of aliphatic hydroxyl groups is 1. The van der Waals surface area contributed by atoms with Crippen molar-refractivity contribution in [3.8, 4) is 5.75 Å². The summed E-state index contributed by atoms with van der Waals surface area (Å²) in [5.41, 5.74) is 0.967. The minimum Gasteiger partial charge on any atom is -0.490 e. The lowest BCUT2D eigenvalue weighted by molar-refractivity contribution is 0.194. The molecule has 15 heavy (non-hydrogen) atoms. The molecule has 0 saturated carbocycles. The molecule has 0 bridgehead atoms. The zero-order valence-corrected chi connectivity index (χ0v) is 9.37. The third-order valence-electron chi connectivity index (χ3n) is 2.37. The lowest BCUT2D eigenvalue weighted by Crippen LogP contribution is -2.37. The second-order valence-electron chi connectivity index (χ2n) is 3.76. The molecule has 1 unspecified atom stereocenters. The van der Waals surface area contributed by atoms with Gasteiger partial charge in [0, 0.05) is 11.6 Å². The molecule has 0 spiro atoms. The molecule has 0 fully saturated rings. The Hall–Kier alpha value is -0.930. The number of aliphatic hydroxyl groups excluding tert-OH is 1. The van der Waals surface area contributed by atoms with Crippen LogP contribution in [0.5, 0.6) is 5.75 Å². The van der Waals surface area contributed by atoms with Gasteiger partial charge in [0.05, 0.1) is 18.3 Å². The first-order valence-electron chi connectivity index (χ1n) is 5.02. The molecular weight excluding hydrogens is 214 g/mol. The van der Waals surface area contributed by atoms with Gasteiger partial charge in [0.1, 0.15) is 12.4 Å². The van der Waals surface area contributed by atoms with Gasteiger partial charge in [0.25, 0.3) is 0 Å². The van der Waals surface area contributed by atoms with Crippen molar-refractivity contribution in [1.29, 1.82) is 0 Å². The van der Waals surface area contributed by atoms with E-state index in [9.17, 15) is 5.11 Å². The highest BCUT2D eigenvalue weighted by atomic mass is 35.5. The largest absolute Gasteiger partial charge is 0.490 e. The summed E-state index contributed by atoms with van der Waals surface area (Å²) in [6, 6.07) is 5.55. The third-order valence-corrected chi connectivity index (χ3v) is 2.60. The van der Waals surface area contributed by atoms with E-state index < -0.39 is 0 Å². The van der Waals surface area contributed by atoms with E-state index in [1.54, 1.807) is 6.92 Å². The number of rotatable bonds is 2. The fraction of sp³-hybridized carbons (Fsp3) is 0.455. The summed E-state index contributed by atoms with van der Waals surface area (Å²) in [5, 5.41) is 10.1. The van der Waals surface area contributed by atoms with Gasteiger partial charge in [-0.15, -0.1) is 0 Å². The van der Waals surface area contributed by atoms with Crippen molar-refractivity contribution in [2.45, 2.75) is 13.0 Å². The average molecular weight is 228 g/mol. The van der Waals surface area contributed by atoms with Gasteiger partial charge in [-0.1, -0.05) is 11.6 Å². The molecular formula is C11H14ClNO2. The first-order valence-corrected chi connectivity index (χ1v) is 5.40. The molecule has 0 aliphatic carbocycles. The molecule has 0 saturated heterocycles. The molecule has 0 aromatic heterocycles. The number of anilines is 1. The SMILES string of the molecule is CC(O)CN1CCOc2ccc(Cl)cc21. The van der Waals surface area contributed by atoms with E-state index in [4.69, 9.17) is 16.3 Å². The van der Waals surface area contributed by atoms with Crippen LogP contribution in [0.2, 0.25) is 5.02 Å². The average Bonchev–Trinajstić information content (AvgIpc) is 2.18. The van der Waals surface area contributed by atoms with E-state index >= 15 is 0 Å². The van der Waals surface area contributed by atoms with E-state index in [0.29, 0.717) is 18.2 Å². The normalized spacial score (nSPS) is 16.9. The van der Waals surface area contributed by atoms with Crippen molar-refractivity contribution in [2.75, 3.05) is 24.6 Å². The van der Waals surface area contributed by atoms with E-state index in [-0.39, 0.29) is 6.10 Å². The molecule has 0 amide bonds. The first kappa shape index (κ1) is 10.6. The fourth-order valence-corrected chi connectivity index (χ4v) is 1.92. The summed E-state index contributed by atoms with van der Waals surface area (Å²) in [6.45, 7) is 3.83. The molecule has 1 aromatic carbocycles. The Morgan fingerprint density at radius 2 is 2.40 bits per heavy atom. The van der Waals surface area contributed by atoms with Crippen molar-refractivity contribution < 1.29 is 9.84 Å². The van der Waals surface area contributed by atoms with Crippen LogP contribution in [0, 0.1) is 0 Å². The first-order chi connectivity index (χ1) is 7.16. The summed E-state index contributed by atoms with van der Waals surface area (Å²) < 4.78 is 5.51. The number of fused-ring (bicyclic) bond motifs is 1. The van der Waals surface area contributed by atoms with Gasteiger partial charge in [0.15, 0.2) is 0 Å². The third kappa shape index (κ3) is 2.36. The van der Waals surface area contributed by atoms with Crippen LogP contribution in [0.1, 0.15) is 6.92 Å². The van der Waals surface area contributed by atoms with Crippen molar-refractivity contribution in [3.05, 3.63) is 23.2 Å². The topological polar surface area (TPSA) is 32.7 Å². The Labute approximate surface area is 94.2 Å².